The largest absolute Gasteiger partial charge is 0.434 e. The van der Waals surface area contributed by atoms with Crippen LogP contribution in [0.25, 0.3) is 16.5 Å². The number of aromatic nitrogens is 3. The van der Waals surface area contributed by atoms with Gasteiger partial charge in [-0.1, -0.05) is 12.1 Å². The van der Waals surface area contributed by atoms with Gasteiger partial charge in [-0.3, -0.25) is 14.6 Å². The number of carbonyl (C=O) groups is 2. The highest BCUT2D eigenvalue weighted by Gasteiger charge is 2.41. The molecule has 0 saturated heterocycles. The number of amides is 2. The molecular formula is C23H10F6N6O2. The molecule has 0 spiro atoms. The summed E-state index contributed by atoms with van der Waals surface area (Å²) in [6.07, 6.45) is -8.63. The Morgan fingerprint density at radius 3 is 2.51 bits per heavy atom. The van der Waals surface area contributed by atoms with Crippen LogP contribution < -0.4 is 10.6 Å². The molecule has 0 fully saturated rings. The Balaban J connectivity index is 1.66. The molecule has 3 heterocycles. The lowest BCUT2D eigenvalue weighted by Crippen LogP contribution is -2.21. The number of rotatable bonds is 3. The average Bonchev–Trinajstić information content (AvgIpc) is 3.42. The van der Waals surface area contributed by atoms with E-state index >= 15 is 0 Å². The first-order chi connectivity index (χ1) is 17.4. The van der Waals surface area contributed by atoms with Gasteiger partial charge in [-0.15, -0.1) is 0 Å². The first-order valence-corrected chi connectivity index (χ1v) is 10.2. The number of nitrogens with one attached hydrogen (secondary N) is 2. The zero-order valence-corrected chi connectivity index (χ0v) is 18.0. The molecule has 0 saturated carbocycles. The van der Waals surface area contributed by atoms with Gasteiger partial charge in [0, 0.05) is 28.2 Å². The summed E-state index contributed by atoms with van der Waals surface area (Å²) in [5.41, 5.74) is -4.38. The lowest BCUT2D eigenvalue weighted by molar-refractivity contribution is -0.143. The van der Waals surface area contributed by atoms with E-state index in [0.717, 1.165) is 18.3 Å². The normalized spacial score (nSPS) is 12.9. The molecule has 1 aliphatic heterocycles. The van der Waals surface area contributed by atoms with Crippen LogP contribution in [0.15, 0.2) is 48.8 Å². The van der Waals surface area contributed by atoms with E-state index in [9.17, 15) is 41.2 Å². The molecule has 4 aromatic rings. The monoisotopic (exact) mass is 516 g/mol. The van der Waals surface area contributed by atoms with Crippen molar-refractivity contribution in [2.45, 2.75) is 12.4 Å². The highest BCUT2D eigenvalue weighted by molar-refractivity contribution is 6.26. The average molecular weight is 516 g/mol. The smallest absolute Gasteiger partial charge is 0.322 e. The third-order valence-corrected chi connectivity index (χ3v) is 5.56. The zero-order valence-electron chi connectivity index (χ0n) is 18.0. The van der Waals surface area contributed by atoms with Crippen LogP contribution in [0, 0.1) is 11.3 Å². The van der Waals surface area contributed by atoms with Crippen LogP contribution in [0.1, 0.15) is 37.7 Å². The molecule has 1 aliphatic rings. The minimum Gasteiger partial charge on any atom is -0.322 e. The van der Waals surface area contributed by atoms with Crippen molar-refractivity contribution in [2.24, 2.45) is 0 Å². The highest BCUT2D eigenvalue weighted by atomic mass is 19.4. The number of pyridine rings is 1. The molecule has 0 bridgehead atoms. The van der Waals surface area contributed by atoms with Gasteiger partial charge in [0.15, 0.2) is 5.69 Å². The van der Waals surface area contributed by atoms with Gasteiger partial charge in [0.05, 0.1) is 28.7 Å². The standard InChI is InChI=1S/C23H10F6N6O2/c24-22(25,26)16-7-11(4-5-31-16)33-21(37)14-9-32-35(19(14)23(27,28)29)15-6-10(8-30)18-17-12(15)2-1-3-13(17)20(36)34-18/h1-7,9H,(H,34,36)(H,31,33,37). The SMILES string of the molecule is N#Cc1cc(-n2ncc(C(=O)Nc3ccnc(C(F)(F)F)c3)c2C(F)(F)F)c2cccc3c2c1NC3=O. The number of nitriles is 1. The quantitative estimate of drug-likeness (QED) is 0.366. The number of hydrogen-bond acceptors (Lipinski definition) is 5. The third kappa shape index (κ3) is 3.90. The van der Waals surface area contributed by atoms with E-state index in [1.165, 1.54) is 18.2 Å². The van der Waals surface area contributed by atoms with Crippen LogP contribution in [-0.4, -0.2) is 26.6 Å². The molecule has 0 atom stereocenters. The van der Waals surface area contributed by atoms with Crippen molar-refractivity contribution in [2.75, 3.05) is 10.6 Å². The molecule has 2 aromatic heterocycles. The molecule has 0 radical (unpaired) electrons. The first kappa shape index (κ1) is 23.8. The molecule has 2 aromatic carbocycles. The maximum atomic E-state index is 14.2. The molecule has 2 amide bonds. The van der Waals surface area contributed by atoms with Gasteiger partial charge < -0.3 is 10.6 Å². The van der Waals surface area contributed by atoms with Crippen molar-refractivity contribution in [1.29, 1.82) is 5.26 Å². The summed E-state index contributed by atoms with van der Waals surface area (Å²) in [5.74, 6) is -1.91. The summed E-state index contributed by atoms with van der Waals surface area (Å²) in [7, 11) is 0. The highest BCUT2D eigenvalue weighted by Crippen LogP contribution is 2.41. The van der Waals surface area contributed by atoms with Crippen molar-refractivity contribution in [3.8, 4) is 11.8 Å². The van der Waals surface area contributed by atoms with E-state index in [1.807, 2.05) is 11.4 Å². The fourth-order valence-corrected chi connectivity index (χ4v) is 4.05. The van der Waals surface area contributed by atoms with Crippen LogP contribution in [0.4, 0.5) is 37.7 Å². The van der Waals surface area contributed by atoms with Gasteiger partial charge in [-0.05, 0) is 24.3 Å². The topological polar surface area (TPSA) is 113 Å². The Bertz CT molecular complexity index is 1670. The molecule has 5 rings (SSSR count). The second-order valence-corrected chi connectivity index (χ2v) is 7.81. The number of benzene rings is 2. The van der Waals surface area contributed by atoms with Crippen molar-refractivity contribution < 1.29 is 35.9 Å². The van der Waals surface area contributed by atoms with Crippen LogP contribution in [0.3, 0.4) is 0 Å². The number of halogens is 6. The number of carbonyl (C=O) groups excluding carboxylic acids is 2. The zero-order chi connectivity index (χ0) is 26.7. The lowest BCUT2D eigenvalue weighted by atomic mass is 10.0. The van der Waals surface area contributed by atoms with Crippen molar-refractivity contribution in [1.82, 2.24) is 14.8 Å². The maximum Gasteiger partial charge on any atom is 0.434 e. The predicted octanol–water partition coefficient (Wildman–Crippen LogP) is 5.15. The van der Waals surface area contributed by atoms with E-state index in [2.05, 4.69) is 15.4 Å². The predicted molar refractivity (Wildman–Crippen MR) is 116 cm³/mol. The van der Waals surface area contributed by atoms with Gasteiger partial charge in [0.2, 0.25) is 0 Å². The Morgan fingerprint density at radius 2 is 1.84 bits per heavy atom. The van der Waals surface area contributed by atoms with Crippen molar-refractivity contribution in [3.63, 3.8) is 0 Å². The van der Waals surface area contributed by atoms with Crippen LogP contribution >= 0.6 is 0 Å². The van der Waals surface area contributed by atoms with Gasteiger partial charge >= 0.3 is 12.4 Å². The summed E-state index contributed by atoms with van der Waals surface area (Å²) in [6, 6.07) is 8.68. The number of alkyl halides is 6. The first-order valence-electron chi connectivity index (χ1n) is 10.2. The number of anilines is 2. The summed E-state index contributed by atoms with van der Waals surface area (Å²) in [6.45, 7) is 0. The van der Waals surface area contributed by atoms with Crippen LogP contribution in [0.5, 0.6) is 0 Å². The summed E-state index contributed by atoms with van der Waals surface area (Å²) in [5, 5.41) is 18.2. The Kier molecular flexibility index (Phi) is 5.18. The third-order valence-electron chi connectivity index (χ3n) is 5.56. The Labute approximate surface area is 202 Å². The fraction of sp³-hybridized carbons (Fsp3) is 0.0870. The van der Waals surface area contributed by atoms with Crippen molar-refractivity contribution >= 4 is 34.0 Å². The summed E-state index contributed by atoms with van der Waals surface area (Å²) >= 11 is 0. The van der Waals surface area contributed by atoms with E-state index in [4.69, 9.17) is 0 Å². The lowest BCUT2D eigenvalue weighted by Gasteiger charge is -2.15. The van der Waals surface area contributed by atoms with Gasteiger partial charge in [-0.25, -0.2) is 4.68 Å². The Morgan fingerprint density at radius 1 is 1.08 bits per heavy atom. The van der Waals surface area contributed by atoms with E-state index in [0.29, 0.717) is 16.9 Å². The Hall–Kier alpha value is -4.93. The van der Waals surface area contributed by atoms with E-state index < -0.39 is 46.8 Å². The summed E-state index contributed by atoms with van der Waals surface area (Å²) < 4.78 is 81.9. The maximum absolute atomic E-state index is 14.2. The summed E-state index contributed by atoms with van der Waals surface area (Å²) in [4.78, 5) is 28.2. The molecule has 2 N–H and O–H groups in total. The van der Waals surface area contributed by atoms with Gasteiger partial charge in [0.25, 0.3) is 11.8 Å². The molecule has 0 aliphatic carbocycles. The van der Waals surface area contributed by atoms with E-state index in [1.54, 1.807) is 0 Å². The second kappa shape index (κ2) is 8.05. The molecule has 37 heavy (non-hydrogen) atoms. The molecule has 8 nitrogen and oxygen atoms in total. The molecule has 186 valence electrons. The van der Waals surface area contributed by atoms with Crippen LogP contribution in [-0.2, 0) is 12.4 Å². The minimum atomic E-state index is -5.15. The van der Waals surface area contributed by atoms with Crippen molar-refractivity contribution in [3.05, 3.63) is 76.9 Å². The molecule has 14 heteroatoms. The van der Waals surface area contributed by atoms with E-state index in [-0.39, 0.29) is 33.3 Å². The number of hydrogen-bond donors (Lipinski definition) is 2. The molecular weight excluding hydrogens is 506 g/mol. The molecule has 0 unspecified atom stereocenters. The minimum absolute atomic E-state index is 0.133. The fourth-order valence-electron chi connectivity index (χ4n) is 4.05. The van der Waals surface area contributed by atoms with Gasteiger partial charge in [0.1, 0.15) is 11.8 Å². The second-order valence-electron chi connectivity index (χ2n) is 7.81. The van der Waals surface area contributed by atoms with Gasteiger partial charge in [-0.2, -0.15) is 36.7 Å². The van der Waals surface area contributed by atoms with Crippen LogP contribution in [0.2, 0.25) is 0 Å². The number of nitrogens with zero attached hydrogens (tertiary/aromatic N) is 4.